The number of hydrogen-bond acceptors (Lipinski definition) is 6. The molecule has 1 saturated heterocycles. The maximum Gasteiger partial charge on any atom is 0.251 e. The Hall–Kier alpha value is -3.56. The summed E-state index contributed by atoms with van der Waals surface area (Å²) in [6, 6.07) is 14.4. The molecule has 210 valence electrons. The molecule has 1 aromatic carbocycles. The molecule has 0 unspecified atom stereocenters. The highest BCUT2D eigenvalue weighted by Crippen LogP contribution is 2.28. The van der Waals surface area contributed by atoms with Crippen molar-refractivity contribution in [2.45, 2.75) is 64.6 Å². The normalized spacial score (nSPS) is 14.6. The molecular weight excluding hydrogens is 520 g/mol. The summed E-state index contributed by atoms with van der Waals surface area (Å²) in [5, 5.41) is 7.97. The van der Waals surface area contributed by atoms with Gasteiger partial charge in [0.2, 0.25) is 5.91 Å². The first-order chi connectivity index (χ1) is 19.5. The van der Waals surface area contributed by atoms with Crippen LogP contribution in [0.4, 0.5) is 0 Å². The van der Waals surface area contributed by atoms with Gasteiger partial charge >= 0.3 is 0 Å². The highest BCUT2D eigenvalue weighted by molar-refractivity contribution is 7.09. The highest BCUT2D eigenvalue weighted by atomic mass is 32.1. The van der Waals surface area contributed by atoms with Crippen molar-refractivity contribution in [3.8, 4) is 0 Å². The van der Waals surface area contributed by atoms with Gasteiger partial charge in [0.25, 0.3) is 5.91 Å². The second kappa shape index (κ2) is 13.2. The molecule has 0 bridgehead atoms. The first kappa shape index (κ1) is 28.0. The van der Waals surface area contributed by atoms with Crippen LogP contribution in [0, 0.1) is 0 Å². The van der Waals surface area contributed by atoms with Gasteiger partial charge in [-0.1, -0.05) is 26.0 Å². The van der Waals surface area contributed by atoms with Crippen molar-refractivity contribution >= 4 is 34.2 Å². The van der Waals surface area contributed by atoms with Gasteiger partial charge in [-0.2, -0.15) is 0 Å². The standard InChI is InChI=1S/C31H38N6O2S/c1-3-25(4-2)37-28-10-9-23(17-27(28)35-29(37)18-26-8-6-16-40-26)31(39)33-20-30(38)34-24-11-14-36(15-12-24)21-22-7-5-13-32-19-22/h5-10,13,16-17,19,24-25H,3-4,11-12,14-15,18,20-21H2,1-2H3,(H,33,39)(H,34,38). The molecule has 0 spiro atoms. The molecule has 0 atom stereocenters. The molecule has 2 amide bonds. The molecule has 8 nitrogen and oxygen atoms in total. The van der Waals surface area contributed by atoms with Gasteiger partial charge in [-0.05, 0) is 67.0 Å². The smallest absolute Gasteiger partial charge is 0.251 e. The van der Waals surface area contributed by atoms with E-state index in [4.69, 9.17) is 4.98 Å². The van der Waals surface area contributed by atoms with Crippen molar-refractivity contribution in [2.75, 3.05) is 19.6 Å². The van der Waals surface area contributed by atoms with E-state index in [1.165, 1.54) is 10.4 Å². The van der Waals surface area contributed by atoms with Crippen LogP contribution in [0.2, 0.25) is 0 Å². The second-order valence-electron chi connectivity index (χ2n) is 10.5. The van der Waals surface area contributed by atoms with E-state index >= 15 is 0 Å². The van der Waals surface area contributed by atoms with Crippen LogP contribution in [0.15, 0.2) is 60.2 Å². The lowest BCUT2D eigenvalue weighted by molar-refractivity contribution is -0.121. The van der Waals surface area contributed by atoms with Crippen LogP contribution in [0.5, 0.6) is 0 Å². The number of likely N-dealkylation sites (tertiary alicyclic amines) is 1. The van der Waals surface area contributed by atoms with Crippen LogP contribution in [0.1, 0.15) is 72.2 Å². The summed E-state index contributed by atoms with van der Waals surface area (Å²) in [6.45, 7) is 7.08. The lowest BCUT2D eigenvalue weighted by atomic mass is 10.0. The molecular formula is C31H38N6O2S. The summed E-state index contributed by atoms with van der Waals surface area (Å²) in [4.78, 5) is 38.4. The minimum Gasteiger partial charge on any atom is -0.352 e. The molecule has 2 N–H and O–H groups in total. The number of nitrogens with zero attached hydrogens (tertiary/aromatic N) is 4. The zero-order valence-electron chi connectivity index (χ0n) is 23.3. The number of piperidine rings is 1. The van der Waals surface area contributed by atoms with Crippen LogP contribution < -0.4 is 10.6 Å². The summed E-state index contributed by atoms with van der Waals surface area (Å²) in [5.74, 6) is 0.603. The van der Waals surface area contributed by atoms with Gasteiger partial charge in [0.05, 0.1) is 17.6 Å². The number of benzene rings is 1. The van der Waals surface area contributed by atoms with Crippen molar-refractivity contribution in [3.63, 3.8) is 0 Å². The average molecular weight is 559 g/mol. The number of thiophene rings is 1. The van der Waals surface area contributed by atoms with Crippen LogP contribution >= 0.6 is 11.3 Å². The van der Waals surface area contributed by atoms with E-state index < -0.39 is 0 Å². The Balaban J connectivity index is 1.16. The number of aromatic nitrogens is 3. The fourth-order valence-corrected chi connectivity index (χ4v) is 6.27. The number of pyridine rings is 1. The molecule has 4 aromatic rings. The summed E-state index contributed by atoms with van der Waals surface area (Å²) in [6.07, 6.45) is 8.27. The lowest BCUT2D eigenvalue weighted by Gasteiger charge is -2.32. The zero-order chi connectivity index (χ0) is 27.9. The van der Waals surface area contributed by atoms with Crippen molar-refractivity contribution in [3.05, 3.63) is 82.1 Å². The lowest BCUT2D eigenvalue weighted by Crippen LogP contribution is -2.47. The number of carbonyl (C=O) groups excluding carboxylic acids is 2. The quantitative estimate of drug-likeness (QED) is 0.272. The minimum absolute atomic E-state index is 0.0431. The fourth-order valence-electron chi connectivity index (χ4n) is 5.57. The van der Waals surface area contributed by atoms with E-state index in [1.807, 2.05) is 30.5 Å². The summed E-state index contributed by atoms with van der Waals surface area (Å²) in [5.41, 5.74) is 3.57. The Bertz CT molecular complexity index is 1410. The predicted octanol–water partition coefficient (Wildman–Crippen LogP) is 4.96. The molecule has 0 saturated carbocycles. The zero-order valence-corrected chi connectivity index (χ0v) is 24.1. The van der Waals surface area contributed by atoms with Crippen molar-refractivity contribution in [1.82, 2.24) is 30.1 Å². The summed E-state index contributed by atoms with van der Waals surface area (Å²) < 4.78 is 2.34. The van der Waals surface area contributed by atoms with Crippen molar-refractivity contribution in [2.24, 2.45) is 0 Å². The van der Waals surface area contributed by atoms with Gasteiger partial charge < -0.3 is 15.2 Å². The molecule has 1 fully saturated rings. The predicted molar refractivity (Wildman–Crippen MR) is 159 cm³/mol. The van der Waals surface area contributed by atoms with Gasteiger partial charge in [-0.3, -0.25) is 19.5 Å². The number of nitrogens with one attached hydrogen (secondary N) is 2. The van der Waals surface area contributed by atoms with E-state index in [0.717, 1.165) is 68.6 Å². The Morgan fingerprint density at radius 3 is 2.62 bits per heavy atom. The Kier molecular flexibility index (Phi) is 9.23. The number of amides is 2. The molecule has 9 heteroatoms. The van der Waals surface area contributed by atoms with Crippen LogP contribution in [0.3, 0.4) is 0 Å². The topological polar surface area (TPSA) is 92.1 Å². The molecule has 0 radical (unpaired) electrons. The van der Waals surface area contributed by atoms with E-state index in [1.54, 1.807) is 17.5 Å². The van der Waals surface area contributed by atoms with Gasteiger partial charge in [0.15, 0.2) is 0 Å². The molecule has 1 aliphatic rings. The number of rotatable bonds is 11. The largest absolute Gasteiger partial charge is 0.352 e. The third-order valence-electron chi connectivity index (χ3n) is 7.74. The van der Waals surface area contributed by atoms with E-state index in [0.29, 0.717) is 11.6 Å². The fraction of sp³-hybridized carbons (Fsp3) is 0.419. The Morgan fingerprint density at radius 1 is 1.10 bits per heavy atom. The maximum absolute atomic E-state index is 13.0. The van der Waals surface area contributed by atoms with E-state index in [-0.39, 0.29) is 24.4 Å². The SMILES string of the molecule is CCC(CC)n1c(Cc2cccs2)nc2cc(C(=O)NCC(=O)NC3CCN(Cc4cccnc4)CC3)ccc21. The summed E-state index contributed by atoms with van der Waals surface area (Å²) >= 11 is 1.73. The van der Waals surface area contributed by atoms with Gasteiger partial charge in [-0.15, -0.1) is 11.3 Å². The number of hydrogen-bond donors (Lipinski definition) is 2. The molecule has 5 rings (SSSR count). The molecule has 40 heavy (non-hydrogen) atoms. The molecule has 0 aliphatic carbocycles. The first-order valence-corrected chi connectivity index (χ1v) is 15.1. The number of carbonyl (C=O) groups is 2. The van der Waals surface area contributed by atoms with Crippen molar-refractivity contribution < 1.29 is 9.59 Å². The Labute approximate surface area is 239 Å². The third-order valence-corrected chi connectivity index (χ3v) is 8.61. The first-order valence-electron chi connectivity index (χ1n) is 14.3. The Morgan fingerprint density at radius 2 is 1.93 bits per heavy atom. The third kappa shape index (κ3) is 6.77. The average Bonchev–Trinajstić information content (AvgIpc) is 3.62. The van der Waals surface area contributed by atoms with Gasteiger partial charge in [-0.25, -0.2) is 4.98 Å². The molecule has 3 aromatic heterocycles. The van der Waals surface area contributed by atoms with E-state index in [2.05, 4.69) is 62.5 Å². The van der Waals surface area contributed by atoms with Gasteiger partial charge in [0.1, 0.15) is 5.82 Å². The van der Waals surface area contributed by atoms with Crippen molar-refractivity contribution in [1.29, 1.82) is 0 Å². The molecule has 1 aliphatic heterocycles. The minimum atomic E-state index is -0.264. The highest BCUT2D eigenvalue weighted by Gasteiger charge is 2.22. The van der Waals surface area contributed by atoms with Crippen LogP contribution in [0.25, 0.3) is 11.0 Å². The maximum atomic E-state index is 13.0. The number of imidazole rings is 1. The monoisotopic (exact) mass is 558 g/mol. The van der Waals surface area contributed by atoms with Crippen LogP contribution in [-0.2, 0) is 17.8 Å². The second-order valence-corrected chi connectivity index (χ2v) is 11.5. The number of fused-ring (bicyclic) bond motifs is 1. The molecule has 4 heterocycles. The summed E-state index contributed by atoms with van der Waals surface area (Å²) in [7, 11) is 0. The van der Waals surface area contributed by atoms with Gasteiger partial charge in [0, 0.05) is 61.0 Å². The van der Waals surface area contributed by atoms with E-state index in [9.17, 15) is 9.59 Å². The van der Waals surface area contributed by atoms with Crippen LogP contribution in [-0.4, -0.2) is 56.9 Å².